The first-order valence-corrected chi connectivity index (χ1v) is 10.6. The van der Waals surface area contributed by atoms with Gasteiger partial charge in [0.2, 0.25) is 0 Å². The smallest absolute Gasteiger partial charge is 0.251 e. The van der Waals surface area contributed by atoms with E-state index in [9.17, 15) is 4.79 Å². The summed E-state index contributed by atoms with van der Waals surface area (Å²) in [6.07, 6.45) is 6.97. The van der Waals surface area contributed by atoms with Gasteiger partial charge in [0.25, 0.3) is 5.91 Å². The molecule has 3 aromatic heterocycles. The van der Waals surface area contributed by atoms with Crippen molar-refractivity contribution in [3.8, 4) is 16.9 Å². The summed E-state index contributed by atoms with van der Waals surface area (Å²) >= 11 is 0. The van der Waals surface area contributed by atoms with Gasteiger partial charge in [-0.3, -0.25) is 19.7 Å². The average Bonchev–Trinajstić information content (AvgIpc) is 3.29. The number of hydrogen-bond acceptors (Lipinski definition) is 5. The van der Waals surface area contributed by atoms with Crippen LogP contribution in [-0.2, 0) is 6.54 Å². The Labute approximate surface area is 187 Å². The van der Waals surface area contributed by atoms with Gasteiger partial charge in [-0.2, -0.15) is 5.10 Å². The zero-order chi connectivity index (χ0) is 22.7. The summed E-state index contributed by atoms with van der Waals surface area (Å²) < 4.78 is 1.88. The summed E-state index contributed by atoms with van der Waals surface area (Å²) in [6.45, 7) is 8.42. The van der Waals surface area contributed by atoms with E-state index in [0.717, 1.165) is 33.9 Å². The van der Waals surface area contributed by atoms with Crippen molar-refractivity contribution in [3.63, 3.8) is 0 Å². The Balaban J connectivity index is 1.71. The van der Waals surface area contributed by atoms with Gasteiger partial charge in [-0.05, 0) is 55.7 Å². The fourth-order valence-corrected chi connectivity index (χ4v) is 3.40. The van der Waals surface area contributed by atoms with Gasteiger partial charge in [0.15, 0.2) is 0 Å². The summed E-state index contributed by atoms with van der Waals surface area (Å²) in [5.74, 6) is 0.0943. The van der Waals surface area contributed by atoms with Crippen LogP contribution >= 0.6 is 0 Å². The molecule has 7 heteroatoms. The standard InChI is InChI=1S/C25H26N6O/c1-16(2)24-7-8-30-31(24)22-10-19(23-6-5-17(3)12-28-23)9-20(11-22)25(32)29-15-21-14-26-18(4)13-27-21/h5-14,16H,15H2,1-4H3,(H,29,32). The van der Waals surface area contributed by atoms with Crippen LogP contribution in [0.4, 0.5) is 0 Å². The SMILES string of the molecule is Cc1ccc(-c2cc(C(=O)NCc3cnc(C)cn3)cc(-n3nccc3C(C)C)c2)nc1. The molecule has 0 aliphatic rings. The molecule has 32 heavy (non-hydrogen) atoms. The van der Waals surface area contributed by atoms with E-state index in [-0.39, 0.29) is 11.8 Å². The lowest BCUT2D eigenvalue weighted by molar-refractivity contribution is 0.0950. The third-order valence-corrected chi connectivity index (χ3v) is 5.16. The van der Waals surface area contributed by atoms with Crippen LogP contribution in [0, 0.1) is 13.8 Å². The lowest BCUT2D eigenvalue weighted by atomic mass is 10.0. The highest BCUT2D eigenvalue weighted by Gasteiger charge is 2.15. The van der Waals surface area contributed by atoms with Crippen LogP contribution in [0.3, 0.4) is 0 Å². The van der Waals surface area contributed by atoms with E-state index in [1.54, 1.807) is 18.6 Å². The molecule has 1 amide bonds. The molecular weight excluding hydrogens is 400 g/mol. The molecule has 1 aromatic carbocycles. The van der Waals surface area contributed by atoms with E-state index in [1.165, 1.54) is 0 Å². The molecule has 3 heterocycles. The van der Waals surface area contributed by atoms with Crippen molar-refractivity contribution in [2.75, 3.05) is 0 Å². The molecule has 0 spiro atoms. The Morgan fingerprint density at radius 1 is 1.00 bits per heavy atom. The third-order valence-electron chi connectivity index (χ3n) is 5.16. The first-order chi connectivity index (χ1) is 15.4. The molecule has 0 unspecified atom stereocenters. The molecule has 0 fully saturated rings. The second-order valence-corrected chi connectivity index (χ2v) is 8.14. The summed E-state index contributed by atoms with van der Waals surface area (Å²) in [4.78, 5) is 26.1. The van der Waals surface area contributed by atoms with Gasteiger partial charge in [-0.1, -0.05) is 19.9 Å². The van der Waals surface area contributed by atoms with Crippen molar-refractivity contribution in [2.24, 2.45) is 0 Å². The fourth-order valence-electron chi connectivity index (χ4n) is 3.40. The zero-order valence-electron chi connectivity index (χ0n) is 18.7. The summed E-state index contributed by atoms with van der Waals surface area (Å²) in [5.41, 5.74) is 6.69. The summed E-state index contributed by atoms with van der Waals surface area (Å²) in [7, 11) is 0. The number of benzene rings is 1. The lowest BCUT2D eigenvalue weighted by Crippen LogP contribution is -2.23. The molecule has 0 saturated heterocycles. The van der Waals surface area contributed by atoms with Crippen LogP contribution in [-0.4, -0.2) is 30.6 Å². The van der Waals surface area contributed by atoms with Gasteiger partial charge >= 0.3 is 0 Å². The van der Waals surface area contributed by atoms with E-state index in [1.807, 2.05) is 61.1 Å². The maximum Gasteiger partial charge on any atom is 0.251 e. The highest BCUT2D eigenvalue weighted by Crippen LogP contribution is 2.25. The Morgan fingerprint density at radius 3 is 2.53 bits per heavy atom. The van der Waals surface area contributed by atoms with E-state index in [0.29, 0.717) is 17.8 Å². The van der Waals surface area contributed by atoms with Gasteiger partial charge < -0.3 is 5.32 Å². The number of nitrogens with zero attached hydrogens (tertiary/aromatic N) is 5. The fraction of sp³-hybridized carbons (Fsp3) is 0.240. The summed E-state index contributed by atoms with van der Waals surface area (Å²) in [6, 6.07) is 11.7. The molecule has 162 valence electrons. The minimum Gasteiger partial charge on any atom is -0.346 e. The van der Waals surface area contributed by atoms with Crippen molar-refractivity contribution < 1.29 is 4.79 Å². The van der Waals surface area contributed by atoms with Crippen LogP contribution in [0.5, 0.6) is 0 Å². The number of hydrogen-bond donors (Lipinski definition) is 1. The first kappa shape index (κ1) is 21.4. The Morgan fingerprint density at radius 2 is 1.84 bits per heavy atom. The van der Waals surface area contributed by atoms with Crippen molar-refractivity contribution in [1.29, 1.82) is 0 Å². The minimum absolute atomic E-state index is 0.194. The van der Waals surface area contributed by atoms with Gasteiger partial charge in [-0.15, -0.1) is 0 Å². The molecule has 0 radical (unpaired) electrons. The maximum absolute atomic E-state index is 13.1. The van der Waals surface area contributed by atoms with E-state index in [4.69, 9.17) is 0 Å². The molecule has 0 atom stereocenters. The number of carbonyl (C=O) groups is 1. The van der Waals surface area contributed by atoms with Gasteiger partial charge in [0, 0.05) is 35.4 Å². The Kier molecular flexibility index (Phi) is 6.07. The zero-order valence-corrected chi connectivity index (χ0v) is 18.7. The molecule has 1 N–H and O–H groups in total. The quantitative estimate of drug-likeness (QED) is 0.494. The number of aromatic nitrogens is 5. The molecule has 0 bridgehead atoms. The molecule has 0 aliphatic heterocycles. The first-order valence-electron chi connectivity index (χ1n) is 10.6. The largest absolute Gasteiger partial charge is 0.346 e. The average molecular weight is 427 g/mol. The molecule has 0 saturated carbocycles. The second kappa shape index (κ2) is 9.09. The van der Waals surface area contributed by atoms with Crippen LogP contribution in [0.1, 0.15) is 52.8 Å². The number of aryl methyl sites for hydroxylation is 2. The van der Waals surface area contributed by atoms with Gasteiger partial charge in [0.1, 0.15) is 0 Å². The monoisotopic (exact) mass is 426 g/mol. The van der Waals surface area contributed by atoms with E-state index < -0.39 is 0 Å². The third kappa shape index (κ3) is 4.72. The Bertz CT molecular complexity index is 1230. The molecule has 0 aliphatic carbocycles. The minimum atomic E-state index is -0.194. The number of rotatable bonds is 6. The number of pyridine rings is 1. The highest BCUT2D eigenvalue weighted by atomic mass is 16.1. The van der Waals surface area contributed by atoms with Crippen molar-refractivity contribution in [2.45, 2.75) is 40.2 Å². The highest BCUT2D eigenvalue weighted by molar-refractivity contribution is 5.96. The summed E-state index contributed by atoms with van der Waals surface area (Å²) in [5, 5.41) is 7.45. The Hall–Kier alpha value is -3.87. The molecule has 4 rings (SSSR count). The van der Waals surface area contributed by atoms with Crippen molar-refractivity contribution in [3.05, 3.63) is 89.4 Å². The normalized spacial score (nSPS) is 11.0. The van der Waals surface area contributed by atoms with E-state index >= 15 is 0 Å². The van der Waals surface area contributed by atoms with Crippen LogP contribution in [0.15, 0.2) is 61.2 Å². The van der Waals surface area contributed by atoms with Crippen molar-refractivity contribution in [1.82, 2.24) is 30.0 Å². The number of amides is 1. The van der Waals surface area contributed by atoms with Crippen molar-refractivity contribution >= 4 is 5.91 Å². The van der Waals surface area contributed by atoms with Crippen LogP contribution in [0.2, 0.25) is 0 Å². The second-order valence-electron chi connectivity index (χ2n) is 8.14. The predicted molar refractivity (Wildman–Crippen MR) is 124 cm³/mol. The number of carbonyl (C=O) groups excluding carboxylic acids is 1. The van der Waals surface area contributed by atoms with Gasteiger partial charge in [-0.25, -0.2) is 4.68 Å². The van der Waals surface area contributed by atoms with E-state index in [2.05, 4.69) is 39.2 Å². The molecular formula is C25H26N6O. The van der Waals surface area contributed by atoms with Gasteiger partial charge in [0.05, 0.1) is 35.5 Å². The number of nitrogens with one attached hydrogen (secondary N) is 1. The molecule has 4 aromatic rings. The predicted octanol–water partition coefficient (Wildman–Crippen LogP) is 4.39. The van der Waals surface area contributed by atoms with Crippen LogP contribution in [0.25, 0.3) is 16.9 Å². The topological polar surface area (TPSA) is 85.6 Å². The lowest BCUT2D eigenvalue weighted by Gasteiger charge is -2.14. The molecule has 7 nitrogen and oxygen atoms in total. The maximum atomic E-state index is 13.1. The van der Waals surface area contributed by atoms with Crippen LogP contribution < -0.4 is 5.32 Å².